The second kappa shape index (κ2) is 3.67. The van der Waals surface area contributed by atoms with E-state index < -0.39 is 5.97 Å². The quantitative estimate of drug-likeness (QED) is 0.880. The third kappa shape index (κ3) is 1.64. The highest BCUT2D eigenvalue weighted by Gasteiger charge is 2.19. The van der Waals surface area contributed by atoms with Crippen LogP contribution in [0.1, 0.15) is 10.5 Å². The van der Waals surface area contributed by atoms with Gasteiger partial charge in [-0.15, -0.1) is 11.3 Å². The van der Waals surface area contributed by atoms with E-state index in [2.05, 4.69) is 4.98 Å². The number of rotatable bonds is 2. The van der Waals surface area contributed by atoms with E-state index in [0.717, 1.165) is 4.88 Å². The van der Waals surface area contributed by atoms with Crippen LogP contribution in [0.3, 0.4) is 0 Å². The van der Waals surface area contributed by atoms with Crippen LogP contribution in [0, 0.1) is 0 Å². The molecule has 0 bridgehead atoms. The van der Waals surface area contributed by atoms with Crippen molar-refractivity contribution >= 4 is 28.9 Å². The van der Waals surface area contributed by atoms with Crippen LogP contribution in [0.15, 0.2) is 17.5 Å². The maximum Gasteiger partial charge on any atom is 0.357 e. The minimum atomic E-state index is -1.11. The summed E-state index contributed by atoms with van der Waals surface area (Å²) in [5.74, 6) is -0.536. The number of hydrogen-bond acceptors (Lipinski definition) is 3. The van der Waals surface area contributed by atoms with E-state index in [1.165, 1.54) is 11.3 Å². The van der Waals surface area contributed by atoms with Crippen molar-refractivity contribution in [3.8, 4) is 10.7 Å². The second-order valence-corrected chi connectivity index (χ2v) is 4.22. The molecule has 0 fully saturated rings. The van der Waals surface area contributed by atoms with E-state index in [9.17, 15) is 4.79 Å². The van der Waals surface area contributed by atoms with E-state index in [-0.39, 0.29) is 10.8 Å². The summed E-state index contributed by atoms with van der Waals surface area (Å²) in [7, 11) is 1.69. The lowest BCUT2D eigenvalue weighted by Gasteiger charge is -1.97. The fourth-order valence-electron chi connectivity index (χ4n) is 1.24. The van der Waals surface area contributed by atoms with Crippen LogP contribution in [0.25, 0.3) is 10.7 Å². The summed E-state index contributed by atoms with van der Waals surface area (Å²) in [6.07, 6.45) is 0. The molecule has 2 rings (SSSR count). The lowest BCUT2D eigenvalue weighted by molar-refractivity contribution is 0.0691. The third-order valence-electron chi connectivity index (χ3n) is 1.97. The van der Waals surface area contributed by atoms with E-state index in [4.69, 9.17) is 16.7 Å². The molecular formula is C9H7ClN2O2S. The Hall–Kier alpha value is -1.33. The highest BCUT2D eigenvalue weighted by Crippen LogP contribution is 2.27. The van der Waals surface area contributed by atoms with E-state index >= 15 is 0 Å². The van der Waals surface area contributed by atoms with Gasteiger partial charge in [0.15, 0.2) is 11.5 Å². The number of imidazole rings is 1. The number of carboxylic acid groups (broad SMARTS) is 1. The SMILES string of the molecule is Cn1c(-c2cccs2)nc(C(=O)O)c1Cl. The molecule has 0 spiro atoms. The molecule has 0 saturated heterocycles. The van der Waals surface area contributed by atoms with Gasteiger partial charge in [0.2, 0.25) is 0 Å². The molecular weight excluding hydrogens is 236 g/mol. The maximum atomic E-state index is 10.8. The zero-order chi connectivity index (χ0) is 11.0. The molecule has 15 heavy (non-hydrogen) atoms. The highest BCUT2D eigenvalue weighted by atomic mass is 35.5. The molecule has 1 N–H and O–H groups in total. The van der Waals surface area contributed by atoms with Crippen LogP contribution >= 0.6 is 22.9 Å². The predicted octanol–water partition coefficient (Wildman–Crippen LogP) is 2.50. The summed E-state index contributed by atoms with van der Waals surface area (Å²) in [5, 5.41) is 10.9. The van der Waals surface area contributed by atoms with Crippen LogP contribution in [0.2, 0.25) is 5.15 Å². The van der Waals surface area contributed by atoms with Crippen molar-refractivity contribution in [1.29, 1.82) is 0 Å². The van der Waals surface area contributed by atoms with E-state index in [1.807, 2.05) is 17.5 Å². The normalized spacial score (nSPS) is 10.5. The topological polar surface area (TPSA) is 55.1 Å². The van der Waals surface area contributed by atoms with Crippen molar-refractivity contribution in [2.75, 3.05) is 0 Å². The lowest BCUT2D eigenvalue weighted by atomic mass is 10.4. The molecule has 2 aromatic rings. The van der Waals surface area contributed by atoms with Gasteiger partial charge in [-0.05, 0) is 11.4 Å². The van der Waals surface area contributed by atoms with Gasteiger partial charge in [0, 0.05) is 7.05 Å². The smallest absolute Gasteiger partial charge is 0.357 e. The molecule has 0 aromatic carbocycles. The van der Waals surface area contributed by atoms with Gasteiger partial charge >= 0.3 is 5.97 Å². The fraction of sp³-hybridized carbons (Fsp3) is 0.111. The molecule has 0 unspecified atom stereocenters. The summed E-state index contributed by atoms with van der Waals surface area (Å²) < 4.78 is 1.57. The zero-order valence-corrected chi connectivity index (χ0v) is 9.34. The Kier molecular flexibility index (Phi) is 2.50. The number of carboxylic acids is 1. The van der Waals surface area contributed by atoms with Crippen LogP contribution in [0.4, 0.5) is 0 Å². The van der Waals surface area contributed by atoms with E-state index in [1.54, 1.807) is 11.6 Å². The molecule has 0 aliphatic rings. The van der Waals surface area contributed by atoms with E-state index in [0.29, 0.717) is 5.82 Å². The number of aromatic carboxylic acids is 1. The number of thiophene rings is 1. The van der Waals surface area contributed by atoms with Gasteiger partial charge in [-0.2, -0.15) is 0 Å². The first kappa shape index (κ1) is 10.2. The molecule has 2 aromatic heterocycles. The largest absolute Gasteiger partial charge is 0.476 e. The summed E-state index contributed by atoms with van der Waals surface area (Å²) in [6.45, 7) is 0. The molecule has 6 heteroatoms. The van der Waals surface area contributed by atoms with Crippen molar-refractivity contribution in [1.82, 2.24) is 9.55 Å². The highest BCUT2D eigenvalue weighted by molar-refractivity contribution is 7.13. The number of halogens is 1. The average molecular weight is 243 g/mol. The van der Waals surface area contributed by atoms with Crippen molar-refractivity contribution in [2.45, 2.75) is 0 Å². The first-order chi connectivity index (χ1) is 7.11. The summed E-state index contributed by atoms with van der Waals surface area (Å²) in [5.41, 5.74) is -0.109. The van der Waals surface area contributed by atoms with Gasteiger partial charge in [0.1, 0.15) is 5.15 Å². The first-order valence-corrected chi connectivity index (χ1v) is 5.36. The molecule has 0 saturated carbocycles. The second-order valence-electron chi connectivity index (χ2n) is 2.92. The van der Waals surface area contributed by atoms with Gasteiger partial charge in [-0.3, -0.25) is 0 Å². The molecule has 0 atom stereocenters. The minimum absolute atomic E-state index is 0.109. The Labute approximate surface area is 94.8 Å². The maximum absolute atomic E-state index is 10.8. The van der Waals surface area contributed by atoms with Gasteiger partial charge in [0.05, 0.1) is 4.88 Å². The Bertz CT molecular complexity index is 504. The van der Waals surface area contributed by atoms with Gasteiger partial charge < -0.3 is 9.67 Å². The number of carbonyl (C=O) groups is 1. The van der Waals surface area contributed by atoms with Gasteiger partial charge in [-0.25, -0.2) is 9.78 Å². The monoisotopic (exact) mass is 242 g/mol. The van der Waals surface area contributed by atoms with Gasteiger partial charge in [-0.1, -0.05) is 17.7 Å². The summed E-state index contributed by atoms with van der Waals surface area (Å²) in [6, 6.07) is 3.75. The summed E-state index contributed by atoms with van der Waals surface area (Å²) in [4.78, 5) is 15.7. The van der Waals surface area contributed by atoms with Gasteiger partial charge in [0.25, 0.3) is 0 Å². The van der Waals surface area contributed by atoms with Crippen LogP contribution in [-0.4, -0.2) is 20.6 Å². The van der Waals surface area contributed by atoms with Crippen LogP contribution in [-0.2, 0) is 7.05 Å². The Balaban J connectivity index is 2.60. The molecule has 2 heterocycles. The predicted molar refractivity (Wildman–Crippen MR) is 58.5 cm³/mol. The number of nitrogens with zero attached hydrogens (tertiary/aromatic N) is 2. The Morgan fingerprint density at radius 3 is 2.87 bits per heavy atom. The first-order valence-electron chi connectivity index (χ1n) is 4.10. The molecule has 0 aliphatic carbocycles. The third-order valence-corrected chi connectivity index (χ3v) is 3.27. The van der Waals surface area contributed by atoms with Crippen molar-refractivity contribution in [2.24, 2.45) is 7.05 Å². The zero-order valence-electron chi connectivity index (χ0n) is 7.77. The number of hydrogen-bond donors (Lipinski definition) is 1. The molecule has 78 valence electrons. The van der Waals surface area contributed by atoms with Crippen LogP contribution < -0.4 is 0 Å². The van der Waals surface area contributed by atoms with Crippen molar-refractivity contribution in [3.63, 3.8) is 0 Å². The Morgan fingerprint density at radius 1 is 1.67 bits per heavy atom. The van der Waals surface area contributed by atoms with Crippen molar-refractivity contribution < 1.29 is 9.90 Å². The summed E-state index contributed by atoms with van der Waals surface area (Å²) >= 11 is 7.34. The van der Waals surface area contributed by atoms with Crippen molar-refractivity contribution in [3.05, 3.63) is 28.4 Å². The van der Waals surface area contributed by atoms with Crippen LogP contribution in [0.5, 0.6) is 0 Å². The average Bonchev–Trinajstić information content (AvgIpc) is 2.77. The fourth-order valence-corrected chi connectivity index (χ4v) is 2.19. The number of aromatic nitrogens is 2. The minimum Gasteiger partial charge on any atom is -0.476 e. The molecule has 0 amide bonds. The Morgan fingerprint density at radius 2 is 2.40 bits per heavy atom. The standard InChI is InChI=1S/C9H7ClN2O2S/c1-12-7(10)6(9(13)14)11-8(12)5-3-2-4-15-5/h2-4H,1H3,(H,13,14). The molecule has 4 nitrogen and oxygen atoms in total. The molecule has 0 radical (unpaired) electrons. The molecule has 0 aliphatic heterocycles. The lowest BCUT2D eigenvalue weighted by Crippen LogP contribution is -1.97.